The predicted molar refractivity (Wildman–Crippen MR) is 99.8 cm³/mol. The molecular weight excluding hydrogens is 377 g/mol. The van der Waals surface area contributed by atoms with Crippen LogP contribution in [0.25, 0.3) is 5.65 Å². The highest BCUT2D eigenvalue weighted by atomic mass is 35.5. The van der Waals surface area contributed by atoms with Crippen molar-refractivity contribution in [3.05, 3.63) is 59.0 Å². The Bertz CT molecular complexity index is 965. The van der Waals surface area contributed by atoms with Crippen molar-refractivity contribution < 1.29 is 13.2 Å². The SMILES string of the molecule is CN[C@@H](c1ccc(N2CCCc3c2cnc2cc(Cl)cn32)cc1)C(F)(F)F. The zero-order chi connectivity index (χ0) is 19.2. The summed E-state index contributed by atoms with van der Waals surface area (Å²) in [6, 6.07) is 6.64. The summed E-state index contributed by atoms with van der Waals surface area (Å²) in [5.74, 6) is 0. The van der Waals surface area contributed by atoms with Gasteiger partial charge in [-0.15, -0.1) is 0 Å². The van der Waals surface area contributed by atoms with E-state index >= 15 is 0 Å². The second kappa shape index (κ2) is 6.73. The molecular formula is C19H18ClF3N4. The predicted octanol–water partition coefficient (Wildman–Crippen LogP) is 4.89. The molecule has 0 saturated carbocycles. The summed E-state index contributed by atoms with van der Waals surface area (Å²) < 4.78 is 41.3. The van der Waals surface area contributed by atoms with Gasteiger partial charge in [-0.05, 0) is 37.6 Å². The van der Waals surface area contributed by atoms with Crippen molar-refractivity contribution in [1.29, 1.82) is 0 Å². The van der Waals surface area contributed by atoms with Gasteiger partial charge in [0, 0.05) is 30.2 Å². The average Bonchev–Trinajstić information content (AvgIpc) is 3.02. The Hall–Kier alpha value is -2.25. The molecule has 142 valence electrons. The van der Waals surface area contributed by atoms with Crippen molar-refractivity contribution in [2.75, 3.05) is 18.5 Å². The fraction of sp³-hybridized carbons (Fsp3) is 0.316. The molecule has 4 nitrogen and oxygen atoms in total. The van der Waals surface area contributed by atoms with Gasteiger partial charge >= 0.3 is 6.18 Å². The van der Waals surface area contributed by atoms with Crippen LogP contribution in [0.1, 0.15) is 23.7 Å². The number of benzene rings is 1. The van der Waals surface area contributed by atoms with Crippen LogP contribution in [-0.2, 0) is 6.42 Å². The van der Waals surface area contributed by atoms with Crippen molar-refractivity contribution in [2.24, 2.45) is 0 Å². The van der Waals surface area contributed by atoms with Gasteiger partial charge in [0.05, 0.1) is 16.9 Å². The third-order valence-corrected chi connectivity index (χ3v) is 5.12. The number of aromatic nitrogens is 2. The number of aryl methyl sites for hydroxylation is 1. The fourth-order valence-corrected chi connectivity index (χ4v) is 3.89. The Morgan fingerprint density at radius 2 is 1.96 bits per heavy atom. The minimum atomic E-state index is -4.34. The number of halogens is 4. The molecule has 1 aromatic carbocycles. The van der Waals surface area contributed by atoms with E-state index in [1.807, 2.05) is 16.7 Å². The van der Waals surface area contributed by atoms with Crippen LogP contribution in [-0.4, -0.2) is 29.2 Å². The van der Waals surface area contributed by atoms with E-state index < -0.39 is 12.2 Å². The topological polar surface area (TPSA) is 32.6 Å². The molecule has 8 heteroatoms. The van der Waals surface area contributed by atoms with Crippen LogP contribution in [0.2, 0.25) is 5.02 Å². The van der Waals surface area contributed by atoms with E-state index in [2.05, 4.69) is 15.2 Å². The monoisotopic (exact) mass is 394 g/mol. The first kappa shape index (κ1) is 18.1. The molecule has 3 aromatic rings. The van der Waals surface area contributed by atoms with E-state index in [-0.39, 0.29) is 5.56 Å². The van der Waals surface area contributed by atoms with Gasteiger partial charge in [0.15, 0.2) is 0 Å². The third kappa shape index (κ3) is 3.26. The van der Waals surface area contributed by atoms with Crippen molar-refractivity contribution in [3.63, 3.8) is 0 Å². The number of nitrogens with zero attached hydrogens (tertiary/aromatic N) is 3. The number of anilines is 2. The highest BCUT2D eigenvalue weighted by Crippen LogP contribution is 2.36. The fourth-order valence-electron chi connectivity index (χ4n) is 3.69. The molecule has 0 saturated heterocycles. The van der Waals surface area contributed by atoms with E-state index in [0.717, 1.165) is 42.1 Å². The van der Waals surface area contributed by atoms with Gasteiger partial charge in [0.2, 0.25) is 0 Å². The summed E-state index contributed by atoms with van der Waals surface area (Å²) in [5.41, 5.74) is 3.88. The van der Waals surface area contributed by atoms with Crippen LogP contribution < -0.4 is 10.2 Å². The van der Waals surface area contributed by atoms with Crippen LogP contribution in [0.5, 0.6) is 0 Å². The van der Waals surface area contributed by atoms with Gasteiger partial charge in [0.1, 0.15) is 11.7 Å². The number of hydrogen-bond donors (Lipinski definition) is 1. The van der Waals surface area contributed by atoms with Crippen molar-refractivity contribution in [2.45, 2.75) is 25.1 Å². The first-order valence-electron chi connectivity index (χ1n) is 8.65. The van der Waals surface area contributed by atoms with Crippen molar-refractivity contribution in [3.8, 4) is 0 Å². The first-order valence-corrected chi connectivity index (χ1v) is 9.03. The molecule has 0 fully saturated rings. The molecule has 0 bridgehead atoms. The summed E-state index contributed by atoms with van der Waals surface area (Å²) in [5, 5.41) is 2.96. The highest BCUT2D eigenvalue weighted by molar-refractivity contribution is 6.31. The minimum absolute atomic E-state index is 0.191. The molecule has 3 heterocycles. The third-order valence-electron chi connectivity index (χ3n) is 4.91. The van der Waals surface area contributed by atoms with Crippen LogP contribution in [0.3, 0.4) is 0 Å². The molecule has 2 aromatic heterocycles. The summed E-state index contributed by atoms with van der Waals surface area (Å²) in [6.45, 7) is 0.781. The Kier molecular flexibility index (Phi) is 4.52. The second-order valence-electron chi connectivity index (χ2n) is 6.59. The zero-order valence-corrected chi connectivity index (χ0v) is 15.3. The number of rotatable bonds is 3. The Morgan fingerprint density at radius 1 is 1.22 bits per heavy atom. The van der Waals surface area contributed by atoms with Gasteiger partial charge < -0.3 is 14.6 Å². The lowest BCUT2D eigenvalue weighted by Gasteiger charge is -2.31. The molecule has 1 atom stereocenters. The van der Waals surface area contributed by atoms with Gasteiger partial charge in [-0.1, -0.05) is 23.7 Å². The van der Waals surface area contributed by atoms with Gasteiger partial charge in [0.25, 0.3) is 0 Å². The maximum atomic E-state index is 13.1. The van der Waals surface area contributed by atoms with Crippen LogP contribution >= 0.6 is 11.6 Å². The van der Waals surface area contributed by atoms with E-state index in [1.54, 1.807) is 18.3 Å². The van der Waals surface area contributed by atoms with E-state index in [1.165, 1.54) is 19.2 Å². The Labute approximate surface area is 159 Å². The zero-order valence-electron chi connectivity index (χ0n) is 14.6. The van der Waals surface area contributed by atoms with Gasteiger partial charge in [-0.3, -0.25) is 0 Å². The van der Waals surface area contributed by atoms with E-state index in [4.69, 9.17) is 11.6 Å². The number of nitrogens with one attached hydrogen (secondary N) is 1. The van der Waals surface area contributed by atoms with E-state index in [0.29, 0.717) is 5.02 Å². The number of fused-ring (bicyclic) bond motifs is 3. The smallest absolute Gasteiger partial charge is 0.339 e. The summed E-state index contributed by atoms with van der Waals surface area (Å²) in [6.07, 6.45) is 1.14. The normalized spacial score (nSPS) is 15.8. The van der Waals surface area contributed by atoms with Gasteiger partial charge in [-0.2, -0.15) is 13.2 Å². The van der Waals surface area contributed by atoms with Gasteiger partial charge in [-0.25, -0.2) is 4.98 Å². The molecule has 4 rings (SSSR count). The highest BCUT2D eigenvalue weighted by Gasteiger charge is 2.39. The minimum Gasteiger partial charge on any atom is -0.339 e. The molecule has 1 N–H and O–H groups in total. The first-order chi connectivity index (χ1) is 12.9. The maximum absolute atomic E-state index is 13.1. The summed E-state index contributed by atoms with van der Waals surface area (Å²) in [7, 11) is 1.31. The second-order valence-corrected chi connectivity index (χ2v) is 7.02. The molecule has 0 aliphatic carbocycles. The quantitative estimate of drug-likeness (QED) is 0.686. The van der Waals surface area contributed by atoms with Crippen LogP contribution in [0.4, 0.5) is 24.5 Å². The molecule has 1 aliphatic heterocycles. The average molecular weight is 395 g/mol. The number of hydrogen-bond acceptors (Lipinski definition) is 3. The lowest BCUT2D eigenvalue weighted by molar-refractivity contribution is -0.156. The molecule has 0 spiro atoms. The molecule has 1 aliphatic rings. The summed E-state index contributed by atoms with van der Waals surface area (Å²) >= 11 is 6.10. The van der Waals surface area contributed by atoms with E-state index in [9.17, 15) is 13.2 Å². The molecule has 0 radical (unpaired) electrons. The number of alkyl halides is 3. The molecule has 0 amide bonds. The lowest BCUT2D eigenvalue weighted by atomic mass is 10.0. The Morgan fingerprint density at radius 3 is 2.63 bits per heavy atom. The maximum Gasteiger partial charge on any atom is 0.407 e. The van der Waals surface area contributed by atoms with Crippen LogP contribution in [0.15, 0.2) is 42.7 Å². The molecule has 27 heavy (non-hydrogen) atoms. The lowest BCUT2D eigenvalue weighted by Crippen LogP contribution is -2.31. The largest absolute Gasteiger partial charge is 0.407 e. The standard InChI is InChI=1S/C19H18ClF3N4/c1-24-18(19(21,22)23)12-4-6-14(7-5-12)26-8-2-3-15-16(26)10-25-17-9-13(20)11-27(15)17/h4-7,9-11,18,24H,2-3,8H2,1H3/t18-/m0/s1. The Balaban J connectivity index is 1.70. The summed E-state index contributed by atoms with van der Waals surface area (Å²) in [4.78, 5) is 6.55. The van der Waals surface area contributed by atoms with Crippen molar-refractivity contribution in [1.82, 2.24) is 14.7 Å². The van der Waals surface area contributed by atoms with Crippen molar-refractivity contribution >= 4 is 28.6 Å². The molecule has 0 unspecified atom stereocenters. The van der Waals surface area contributed by atoms with Crippen LogP contribution in [0, 0.1) is 0 Å².